The van der Waals surface area contributed by atoms with Crippen LogP contribution in [0.3, 0.4) is 0 Å². The summed E-state index contributed by atoms with van der Waals surface area (Å²) in [5, 5.41) is 8.49. The van der Waals surface area contributed by atoms with Gasteiger partial charge in [0, 0.05) is 102 Å². The Labute approximate surface area is 443 Å². The Morgan fingerprint density at radius 3 is 1.05 bits per heavy atom. The summed E-state index contributed by atoms with van der Waals surface area (Å²) in [4.78, 5) is 21.7. The molecule has 8 aromatic rings. The van der Waals surface area contributed by atoms with Crippen LogP contribution in [0.1, 0.15) is 11.1 Å². The molecule has 2 heterocycles. The van der Waals surface area contributed by atoms with Crippen LogP contribution in [0.4, 0.5) is 23.0 Å². The van der Waals surface area contributed by atoms with Gasteiger partial charge < -0.3 is 10.6 Å². The number of nitrogens with one attached hydrogen (secondary N) is 2. The Morgan fingerprint density at radius 1 is 0.409 bits per heavy atom. The van der Waals surface area contributed by atoms with E-state index in [-0.39, 0.29) is 70.2 Å². The molecule has 0 saturated carbocycles. The van der Waals surface area contributed by atoms with Gasteiger partial charge in [0.1, 0.15) is 31.5 Å². The molecule has 2 radical (unpaired) electrons. The second-order valence-electron chi connectivity index (χ2n) is 13.4. The minimum absolute atomic E-state index is 0. The Kier molecular flexibility index (Phi) is 18.6. The van der Waals surface area contributed by atoms with Crippen molar-refractivity contribution < 1.29 is 25.9 Å². The van der Waals surface area contributed by atoms with Gasteiger partial charge in [-0.15, -0.1) is 0 Å². The van der Waals surface area contributed by atoms with Crippen molar-refractivity contribution in [1.29, 1.82) is 0 Å². The maximum Gasteiger partial charge on any atom is 0.295 e. The molecule has 0 unspecified atom stereocenters. The molecule has 0 atom stereocenters. The van der Waals surface area contributed by atoms with Crippen LogP contribution in [-0.2, 0) is 20.2 Å². The monoisotopic (exact) mass is 1000 g/mol. The first kappa shape index (κ1) is 51.4. The fourth-order valence-corrected chi connectivity index (χ4v) is 10.8. The van der Waals surface area contributed by atoms with Gasteiger partial charge in [-0.25, -0.2) is 19.9 Å². The predicted octanol–water partition coefficient (Wildman–Crippen LogP) is 11.3. The van der Waals surface area contributed by atoms with Crippen LogP contribution >= 0.6 is 47.0 Å². The van der Waals surface area contributed by atoms with Crippen LogP contribution < -0.4 is 10.6 Å². The van der Waals surface area contributed by atoms with E-state index in [0.29, 0.717) is 43.4 Å². The van der Waals surface area contributed by atoms with Crippen molar-refractivity contribution >= 4 is 162 Å². The van der Waals surface area contributed by atoms with Crippen molar-refractivity contribution in [2.45, 2.75) is 49.7 Å². The Bertz CT molecular complexity index is 2850. The Morgan fingerprint density at radius 2 is 0.727 bits per heavy atom. The summed E-state index contributed by atoms with van der Waals surface area (Å²) in [6, 6.07) is 50.7. The van der Waals surface area contributed by atoms with Crippen LogP contribution in [0, 0.1) is 0 Å². The number of rotatable bonds is 16. The summed E-state index contributed by atoms with van der Waals surface area (Å²) >= 11 is 5.60. The van der Waals surface area contributed by atoms with Gasteiger partial charge in [-0.05, 0) is 107 Å². The topological polar surface area (TPSA) is 184 Å². The average molecular weight is 1010 g/mol. The van der Waals surface area contributed by atoms with E-state index in [1.165, 1.54) is 83.5 Å². The van der Waals surface area contributed by atoms with Crippen LogP contribution in [0.15, 0.2) is 220 Å². The molecule has 20 heteroatoms. The molecule has 12 nitrogen and oxygen atoms in total. The van der Waals surface area contributed by atoms with Gasteiger partial charge in [0.2, 0.25) is 0 Å². The number of aromatic nitrogens is 4. The van der Waals surface area contributed by atoms with Gasteiger partial charge in [0.05, 0.1) is 0 Å². The molecule has 0 bridgehead atoms. The molecule has 4 N–H and O–H groups in total. The van der Waals surface area contributed by atoms with Crippen molar-refractivity contribution in [1.82, 2.24) is 19.9 Å². The maximum atomic E-state index is 12.8. The second kappa shape index (κ2) is 23.9. The normalized spacial score (nSPS) is 11.4. The molecule has 322 valence electrons. The average Bonchev–Trinajstić information content (AvgIpc) is 3.27. The minimum atomic E-state index is -4.80. The number of hydrogen-bond acceptors (Lipinski definition) is 14. The number of nitrogens with zero attached hydrogens (tertiary/aromatic N) is 4. The summed E-state index contributed by atoms with van der Waals surface area (Å²) in [6.07, 6.45) is 2.67. The first-order chi connectivity index (χ1) is 30.9. The third-order valence-electron chi connectivity index (χ3n) is 8.77. The van der Waals surface area contributed by atoms with Gasteiger partial charge in [-0.2, -0.15) is 16.8 Å². The van der Waals surface area contributed by atoms with Crippen LogP contribution in [0.25, 0.3) is 12.2 Å². The smallest absolute Gasteiger partial charge is 0.295 e. The Balaban J connectivity index is 0.00000360. The summed E-state index contributed by atoms with van der Waals surface area (Å²) in [5.41, 5.74) is 0.689. The summed E-state index contributed by atoms with van der Waals surface area (Å²) in [5.74, 6) is 0.754. The first-order valence-electron chi connectivity index (χ1n) is 19.0. The molecule has 0 spiro atoms. The van der Waals surface area contributed by atoms with Crippen LogP contribution in [-0.4, -0.2) is 105 Å². The molecule has 6 aromatic carbocycles. The summed E-state index contributed by atoms with van der Waals surface area (Å²) in [6.45, 7) is 0. The zero-order chi connectivity index (χ0) is 44.5. The predicted molar refractivity (Wildman–Crippen MR) is 266 cm³/mol. The van der Waals surface area contributed by atoms with Gasteiger partial charge in [-0.1, -0.05) is 121 Å². The van der Waals surface area contributed by atoms with E-state index in [0.717, 1.165) is 19.6 Å². The van der Waals surface area contributed by atoms with Crippen molar-refractivity contribution in [3.8, 4) is 0 Å². The minimum Gasteiger partial charge on any atom is -0.340 e. The van der Waals surface area contributed by atoms with Gasteiger partial charge in [0.25, 0.3) is 20.2 Å². The first-order valence-corrected chi connectivity index (χ1v) is 25.2. The molecule has 0 aliphatic carbocycles. The zero-order valence-corrected chi connectivity index (χ0v) is 44.0. The third-order valence-corrected chi connectivity index (χ3v) is 14.2. The van der Waals surface area contributed by atoms with Gasteiger partial charge >= 0.3 is 0 Å². The van der Waals surface area contributed by atoms with Crippen LogP contribution in [0.5, 0.6) is 0 Å². The van der Waals surface area contributed by atoms with E-state index in [9.17, 15) is 25.9 Å². The quantitative estimate of drug-likeness (QED) is 0.0235. The SMILES string of the molecule is O=S(=O)(O)c1cc(Nc2cc(Sc3ccccc3)nc(Sc3ccccc3)n2)ccc1C=Cc1ccc(Nc2cc(Sc3ccccc3)nc(Sc3ccccc3)n2)cc1S(=O)(=O)O.[Na].[Na]. The van der Waals surface area contributed by atoms with E-state index >= 15 is 0 Å². The van der Waals surface area contributed by atoms with E-state index in [1.54, 1.807) is 24.3 Å². The standard InChI is InChI=1S/C46H34N6O6S6.2Na/c53-63(54,55)39-27-33(47-41-29-43(59-35-13-5-1-6-14-35)51-45(49-41)61-37-17-9-3-10-18-37)25-23-31(39)21-22-32-24-26-34(28-40(32)64(56,57)58)48-42-30-44(60-36-15-7-2-8-16-36)52-46(50-42)62-38-19-11-4-12-20-38;;/h1-30H,(H,47,49,51)(H,48,50,52)(H,53,54,55)(H,56,57,58);;. The second-order valence-corrected chi connectivity index (χ2v) is 20.5. The Hall–Kier alpha value is -3.96. The van der Waals surface area contributed by atoms with E-state index < -0.39 is 30.0 Å². The molecule has 8 rings (SSSR count). The van der Waals surface area contributed by atoms with Crippen LogP contribution in [0.2, 0.25) is 0 Å². The van der Waals surface area contributed by atoms with Crippen molar-refractivity contribution in [2.24, 2.45) is 0 Å². The van der Waals surface area contributed by atoms with Crippen molar-refractivity contribution in [3.63, 3.8) is 0 Å². The molecule has 0 aliphatic rings. The zero-order valence-electron chi connectivity index (χ0n) is 35.1. The maximum absolute atomic E-state index is 12.8. The molecule has 0 saturated heterocycles. The van der Waals surface area contributed by atoms with Gasteiger partial charge in [-0.3, -0.25) is 9.11 Å². The number of anilines is 4. The van der Waals surface area contributed by atoms with E-state index in [4.69, 9.17) is 9.97 Å². The van der Waals surface area contributed by atoms with E-state index in [2.05, 4.69) is 20.6 Å². The molecule has 0 fully saturated rings. The van der Waals surface area contributed by atoms with E-state index in [1.807, 2.05) is 121 Å². The summed E-state index contributed by atoms with van der Waals surface area (Å²) in [7, 11) is -9.61. The van der Waals surface area contributed by atoms with Gasteiger partial charge in [0.15, 0.2) is 10.3 Å². The molecule has 0 amide bonds. The molecule has 66 heavy (non-hydrogen) atoms. The largest absolute Gasteiger partial charge is 0.340 e. The molecule has 0 aliphatic heterocycles. The molecular formula is C46H34N6Na2O6S6. The fraction of sp³-hybridized carbons (Fsp3) is 0. The number of benzene rings is 6. The van der Waals surface area contributed by atoms with Crippen molar-refractivity contribution in [2.75, 3.05) is 10.6 Å². The number of hydrogen-bond donors (Lipinski definition) is 4. The third kappa shape index (κ3) is 14.8. The molecular weight excluding hydrogens is 971 g/mol. The molecule has 2 aromatic heterocycles. The van der Waals surface area contributed by atoms with Crippen molar-refractivity contribution in [3.05, 3.63) is 181 Å². The fourth-order valence-electron chi connectivity index (χ4n) is 5.96. The summed E-state index contributed by atoms with van der Waals surface area (Å²) < 4.78 is 71.9.